The van der Waals surface area contributed by atoms with Crippen molar-refractivity contribution in [2.45, 2.75) is 18.8 Å². The number of methoxy groups -OCH3 is 1. The van der Waals surface area contributed by atoms with Gasteiger partial charge in [-0.3, -0.25) is 0 Å². The predicted octanol–water partition coefficient (Wildman–Crippen LogP) is 2.35. The van der Waals surface area contributed by atoms with Crippen molar-refractivity contribution in [3.8, 4) is 5.75 Å². The van der Waals surface area contributed by atoms with Crippen LogP contribution in [-0.2, 0) is 5.41 Å². The van der Waals surface area contributed by atoms with Crippen molar-refractivity contribution in [2.75, 3.05) is 46.2 Å². The minimum atomic E-state index is 0.225. The summed E-state index contributed by atoms with van der Waals surface area (Å²) in [5.74, 6) is 0.958. The van der Waals surface area contributed by atoms with Gasteiger partial charge in [0.1, 0.15) is 5.75 Å². The summed E-state index contributed by atoms with van der Waals surface area (Å²) in [6, 6.07) is 6.43. The third-order valence-corrected chi connectivity index (χ3v) is 3.96. The fourth-order valence-corrected chi connectivity index (χ4v) is 2.84. The van der Waals surface area contributed by atoms with Crippen LogP contribution in [0.15, 0.2) is 18.2 Å². The molecule has 0 radical (unpaired) electrons. The smallest absolute Gasteiger partial charge is 0.119 e. The molecule has 0 amide bonds. The molecule has 3 nitrogen and oxygen atoms in total. The molecule has 0 fully saturated rings. The molecule has 0 N–H and O–H groups in total. The van der Waals surface area contributed by atoms with E-state index in [1.165, 1.54) is 17.7 Å². The lowest BCUT2D eigenvalue weighted by Gasteiger charge is -2.27. The first-order valence-corrected chi connectivity index (χ1v) is 6.51. The van der Waals surface area contributed by atoms with Gasteiger partial charge in [0, 0.05) is 24.7 Å². The summed E-state index contributed by atoms with van der Waals surface area (Å²) >= 11 is 0. The van der Waals surface area contributed by atoms with Crippen LogP contribution < -0.4 is 9.64 Å². The van der Waals surface area contributed by atoms with Crippen molar-refractivity contribution in [3.05, 3.63) is 23.8 Å². The van der Waals surface area contributed by atoms with Crippen LogP contribution in [0.4, 0.5) is 5.69 Å². The number of hydrogen-bond donors (Lipinski definition) is 0. The quantitative estimate of drug-likeness (QED) is 0.813. The minimum Gasteiger partial charge on any atom is -0.497 e. The van der Waals surface area contributed by atoms with Crippen molar-refractivity contribution < 1.29 is 4.74 Å². The number of ether oxygens (including phenoxy) is 1. The maximum absolute atomic E-state index is 5.36. The second-order valence-corrected chi connectivity index (χ2v) is 5.85. The Hall–Kier alpha value is -1.22. The van der Waals surface area contributed by atoms with E-state index in [4.69, 9.17) is 4.74 Å². The summed E-state index contributed by atoms with van der Waals surface area (Å²) in [6.07, 6.45) is 1.17. The molecular formula is C15H24N2O. The molecule has 1 unspecified atom stereocenters. The zero-order valence-electron chi connectivity index (χ0n) is 12.2. The fourth-order valence-electron chi connectivity index (χ4n) is 2.84. The molecular weight excluding hydrogens is 224 g/mol. The minimum absolute atomic E-state index is 0.225. The molecule has 0 aliphatic carbocycles. The second kappa shape index (κ2) is 4.81. The van der Waals surface area contributed by atoms with E-state index in [2.05, 4.69) is 50.0 Å². The van der Waals surface area contributed by atoms with Gasteiger partial charge in [-0.1, -0.05) is 6.92 Å². The highest BCUT2D eigenvalue weighted by molar-refractivity contribution is 5.63. The van der Waals surface area contributed by atoms with Crippen LogP contribution in [0.3, 0.4) is 0 Å². The highest BCUT2D eigenvalue weighted by Gasteiger charge is 2.37. The van der Waals surface area contributed by atoms with E-state index in [-0.39, 0.29) is 5.41 Å². The zero-order valence-corrected chi connectivity index (χ0v) is 12.2. The number of nitrogens with zero attached hydrogens (tertiary/aromatic N) is 2. The van der Waals surface area contributed by atoms with Gasteiger partial charge in [-0.05, 0) is 50.8 Å². The summed E-state index contributed by atoms with van der Waals surface area (Å²) < 4.78 is 5.36. The summed E-state index contributed by atoms with van der Waals surface area (Å²) in [5.41, 5.74) is 2.99. The van der Waals surface area contributed by atoms with E-state index in [1.807, 2.05) is 6.07 Å². The van der Waals surface area contributed by atoms with Crippen LogP contribution in [-0.4, -0.2) is 46.2 Å². The Kier molecular flexibility index (Phi) is 3.53. The molecule has 1 heterocycles. The predicted molar refractivity (Wildman–Crippen MR) is 76.8 cm³/mol. The molecule has 1 atom stereocenters. The molecule has 0 bridgehead atoms. The molecule has 0 spiro atoms. The molecule has 0 saturated carbocycles. The zero-order chi connectivity index (χ0) is 13.3. The van der Waals surface area contributed by atoms with Gasteiger partial charge in [-0.25, -0.2) is 0 Å². The largest absolute Gasteiger partial charge is 0.497 e. The lowest BCUT2D eigenvalue weighted by Crippen LogP contribution is -2.32. The number of benzene rings is 1. The first kappa shape index (κ1) is 13.2. The Balaban J connectivity index is 2.31. The van der Waals surface area contributed by atoms with Gasteiger partial charge in [0.2, 0.25) is 0 Å². The van der Waals surface area contributed by atoms with Crippen LogP contribution in [0.25, 0.3) is 0 Å². The molecule has 1 aliphatic heterocycles. The molecule has 100 valence electrons. The molecule has 1 aromatic carbocycles. The van der Waals surface area contributed by atoms with Crippen molar-refractivity contribution >= 4 is 5.69 Å². The SMILES string of the molecule is COc1ccc2c(c1)C(C)(CCN(C)C)CN2C. The number of hydrogen-bond acceptors (Lipinski definition) is 3. The number of anilines is 1. The van der Waals surface area contributed by atoms with E-state index in [0.717, 1.165) is 18.8 Å². The van der Waals surface area contributed by atoms with Gasteiger partial charge in [-0.2, -0.15) is 0 Å². The van der Waals surface area contributed by atoms with Crippen LogP contribution in [0.2, 0.25) is 0 Å². The van der Waals surface area contributed by atoms with E-state index in [1.54, 1.807) is 7.11 Å². The van der Waals surface area contributed by atoms with Crippen LogP contribution in [0.1, 0.15) is 18.9 Å². The third kappa shape index (κ3) is 2.32. The Morgan fingerprint density at radius 3 is 2.72 bits per heavy atom. The summed E-state index contributed by atoms with van der Waals surface area (Å²) in [7, 11) is 8.17. The first-order chi connectivity index (χ1) is 8.46. The van der Waals surface area contributed by atoms with Crippen LogP contribution >= 0.6 is 0 Å². The Morgan fingerprint density at radius 2 is 2.11 bits per heavy atom. The third-order valence-electron chi connectivity index (χ3n) is 3.96. The maximum atomic E-state index is 5.36. The van der Waals surface area contributed by atoms with Crippen molar-refractivity contribution in [1.29, 1.82) is 0 Å². The van der Waals surface area contributed by atoms with Crippen molar-refractivity contribution in [1.82, 2.24) is 4.90 Å². The summed E-state index contributed by atoms with van der Waals surface area (Å²) in [5, 5.41) is 0. The van der Waals surface area contributed by atoms with Crippen LogP contribution in [0.5, 0.6) is 5.75 Å². The number of rotatable bonds is 4. The van der Waals surface area contributed by atoms with Gasteiger partial charge < -0.3 is 14.5 Å². The molecule has 1 aromatic rings. The van der Waals surface area contributed by atoms with Gasteiger partial charge >= 0.3 is 0 Å². The summed E-state index contributed by atoms with van der Waals surface area (Å²) in [6.45, 7) is 4.56. The average Bonchev–Trinajstić information content (AvgIpc) is 2.59. The number of fused-ring (bicyclic) bond motifs is 1. The van der Waals surface area contributed by atoms with E-state index in [9.17, 15) is 0 Å². The Bertz CT molecular complexity index is 431. The van der Waals surface area contributed by atoms with Gasteiger partial charge in [0.25, 0.3) is 0 Å². The second-order valence-electron chi connectivity index (χ2n) is 5.85. The van der Waals surface area contributed by atoms with E-state index >= 15 is 0 Å². The van der Waals surface area contributed by atoms with Gasteiger partial charge in [0.15, 0.2) is 0 Å². The maximum Gasteiger partial charge on any atom is 0.119 e. The van der Waals surface area contributed by atoms with Gasteiger partial charge in [0.05, 0.1) is 7.11 Å². The standard InChI is InChI=1S/C15H24N2O/c1-15(8-9-16(2)3)11-17(4)14-7-6-12(18-5)10-13(14)15/h6-7,10H,8-9,11H2,1-5H3. The topological polar surface area (TPSA) is 15.7 Å². The molecule has 1 aliphatic rings. The van der Waals surface area contributed by atoms with Crippen LogP contribution in [0, 0.1) is 0 Å². The highest BCUT2D eigenvalue weighted by atomic mass is 16.5. The molecule has 0 aromatic heterocycles. The monoisotopic (exact) mass is 248 g/mol. The lowest BCUT2D eigenvalue weighted by molar-refractivity contribution is 0.338. The van der Waals surface area contributed by atoms with Gasteiger partial charge in [-0.15, -0.1) is 0 Å². The molecule has 0 saturated heterocycles. The first-order valence-electron chi connectivity index (χ1n) is 6.51. The van der Waals surface area contributed by atoms with E-state index in [0.29, 0.717) is 0 Å². The van der Waals surface area contributed by atoms with Crippen molar-refractivity contribution in [3.63, 3.8) is 0 Å². The van der Waals surface area contributed by atoms with Crippen molar-refractivity contribution in [2.24, 2.45) is 0 Å². The fraction of sp³-hybridized carbons (Fsp3) is 0.600. The summed E-state index contributed by atoms with van der Waals surface area (Å²) in [4.78, 5) is 4.61. The average molecular weight is 248 g/mol. The normalized spacial score (nSPS) is 22.4. The van der Waals surface area contributed by atoms with E-state index < -0.39 is 0 Å². The molecule has 18 heavy (non-hydrogen) atoms. The molecule has 3 heteroatoms. The Labute approximate surface area is 110 Å². The lowest BCUT2D eigenvalue weighted by atomic mass is 9.81. The highest BCUT2D eigenvalue weighted by Crippen LogP contribution is 2.43. The number of likely N-dealkylation sites (N-methyl/N-ethyl adjacent to an activating group) is 1. The molecule has 2 rings (SSSR count). The Morgan fingerprint density at radius 1 is 1.39 bits per heavy atom.